The molecule has 0 bridgehead atoms. The molecule has 1 aliphatic heterocycles. The van der Waals surface area contributed by atoms with Crippen LogP contribution in [0.1, 0.15) is 61.9 Å². The molecular weight excluding hydrogens is 416 g/mol. The lowest BCUT2D eigenvalue weighted by atomic mass is 9.83. The summed E-state index contributed by atoms with van der Waals surface area (Å²) in [7, 11) is 0. The number of carbonyl (C=O) groups is 1. The Balaban J connectivity index is 1.49. The molecule has 8 nitrogen and oxygen atoms in total. The summed E-state index contributed by atoms with van der Waals surface area (Å²) >= 11 is 0. The lowest BCUT2D eigenvalue weighted by Gasteiger charge is -2.26. The van der Waals surface area contributed by atoms with Crippen LogP contribution < -0.4 is 0 Å². The summed E-state index contributed by atoms with van der Waals surface area (Å²) in [5.74, 6) is -1.25. The van der Waals surface area contributed by atoms with Crippen molar-refractivity contribution in [3.8, 4) is 11.1 Å². The van der Waals surface area contributed by atoms with Gasteiger partial charge in [-0.15, -0.1) is 10.2 Å². The summed E-state index contributed by atoms with van der Waals surface area (Å²) in [6, 6.07) is 10.5. The molecule has 1 fully saturated rings. The van der Waals surface area contributed by atoms with E-state index in [4.69, 9.17) is 0 Å². The van der Waals surface area contributed by atoms with E-state index in [9.17, 15) is 9.90 Å². The third-order valence-corrected chi connectivity index (χ3v) is 6.49. The highest BCUT2D eigenvalue weighted by Crippen LogP contribution is 2.31. The van der Waals surface area contributed by atoms with E-state index in [1.165, 1.54) is 24.8 Å². The topological polar surface area (TPSA) is 108 Å². The number of hydrogen-bond donors (Lipinski definition) is 2. The number of nitrogens with zero attached hydrogens (tertiary/aromatic N) is 5. The van der Waals surface area contributed by atoms with Crippen LogP contribution in [-0.4, -0.2) is 54.7 Å². The second-order valence-electron chi connectivity index (χ2n) is 8.93. The Morgan fingerprint density at radius 2 is 1.88 bits per heavy atom. The van der Waals surface area contributed by atoms with Gasteiger partial charge in [0.25, 0.3) is 0 Å². The summed E-state index contributed by atoms with van der Waals surface area (Å²) in [5, 5.41) is 24.1. The van der Waals surface area contributed by atoms with Crippen molar-refractivity contribution < 1.29 is 9.90 Å². The molecule has 0 saturated carbocycles. The first-order chi connectivity index (χ1) is 16.1. The fourth-order valence-corrected chi connectivity index (χ4v) is 4.74. The maximum atomic E-state index is 11.9. The molecule has 0 amide bonds. The average Bonchev–Trinajstić information content (AvgIpc) is 3.37. The second-order valence-corrected chi connectivity index (χ2v) is 8.93. The molecule has 3 aromatic rings. The van der Waals surface area contributed by atoms with Gasteiger partial charge in [-0.2, -0.15) is 5.21 Å². The Kier molecular flexibility index (Phi) is 7.78. The van der Waals surface area contributed by atoms with E-state index in [0.29, 0.717) is 18.7 Å². The lowest BCUT2D eigenvalue weighted by molar-refractivity contribution is -0.142. The van der Waals surface area contributed by atoms with E-state index in [1.807, 2.05) is 19.3 Å². The first-order valence-electron chi connectivity index (χ1n) is 11.9. The quantitative estimate of drug-likeness (QED) is 0.481. The predicted molar refractivity (Wildman–Crippen MR) is 125 cm³/mol. The minimum atomic E-state index is -0.820. The van der Waals surface area contributed by atoms with Gasteiger partial charge in [0.1, 0.15) is 0 Å². The van der Waals surface area contributed by atoms with E-state index >= 15 is 0 Å². The molecule has 4 rings (SSSR count). The van der Waals surface area contributed by atoms with Crippen LogP contribution in [0.2, 0.25) is 0 Å². The normalized spacial score (nSPS) is 16.4. The van der Waals surface area contributed by atoms with Crippen molar-refractivity contribution in [1.82, 2.24) is 30.5 Å². The van der Waals surface area contributed by atoms with Crippen LogP contribution in [0.15, 0.2) is 42.7 Å². The highest BCUT2D eigenvalue weighted by atomic mass is 16.4. The molecule has 2 N–H and O–H groups in total. The molecule has 1 aliphatic rings. The summed E-state index contributed by atoms with van der Waals surface area (Å²) in [6.07, 6.45) is 9.65. The van der Waals surface area contributed by atoms with E-state index in [-0.39, 0.29) is 5.92 Å². The molecule has 0 aliphatic carbocycles. The van der Waals surface area contributed by atoms with Gasteiger partial charge in [0.2, 0.25) is 0 Å². The Bertz CT molecular complexity index is 1020. The van der Waals surface area contributed by atoms with E-state index in [2.05, 4.69) is 60.8 Å². The molecule has 3 heterocycles. The van der Waals surface area contributed by atoms with E-state index < -0.39 is 11.9 Å². The maximum Gasteiger partial charge on any atom is 0.307 e. The first-order valence-corrected chi connectivity index (χ1v) is 11.9. The standard InChI is InChI=1S/C25H32N6O2/c1-2-6-22(25(32)33)23(24-27-29-30-28-24)14-18-7-9-20(10-8-18)21-13-19(15-26-16-21)17-31-11-4-3-5-12-31/h7-10,13,15-16,22-23H,2-6,11-12,14,17H2,1H3,(H,32,33)(H,27,28,29,30). The molecule has 0 spiro atoms. The number of piperidine rings is 1. The van der Waals surface area contributed by atoms with Crippen molar-refractivity contribution in [1.29, 1.82) is 0 Å². The van der Waals surface area contributed by atoms with Crippen molar-refractivity contribution in [2.75, 3.05) is 13.1 Å². The maximum absolute atomic E-state index is 11.9. The number of nitrogens with one attached hydrogen (secondary N) is 1. The van der Waals surface area contributed by atoms with E-state index in [0.717, 1.165) is 42.7 Å². The monoisotopic (exact) mass is 448 g/mol. The van der Waals surface area contributed by atoms with E-state index in [1.54, 1.807) is 0 Å². The van der Waals surface area contributed by atoms with Crippen LogP contribution in [0.3, 0.4) is 0 Å². The van der Waals surface area contributed by atoms with Gasteiger partial charge < -0.3 is 5.11 Å². The molecule has 174 valence electrons. The number of benzene rings is 1. The summed E-state index contributed by atoms with van der Waals surface area (Å²) < 4.78 is 0. The lowest BCUT2D eigenvalue weighted by Crippen LogP contribution is -2.29. The van der Waals surface area contributed by atoms with Gasteiger partial charge in [0.15, 0.2) is 5.82 Å². The van der Waals surface area contributed by atoms with Crippen molar-refractivity contribution in [2.24, 2.45) is 5.92 Å². The van der Waals surface area contributed by atoms with Crippen LogP contribution in [0.25, 0.3) is 11.1 Å². The number of aromatic amines is 1. The summed E-state index contributed by atoms with van der Waals surface area (Å²) in [6.45, 7) is 5.26. The fraction of sp³-hybridized carbons (Fsp3) is 0.480. The van der Waals surface area contributed by atoms with Gasteiger partial charge in [-0.05, 0) is 61.5 Å². The second kappa shape index (κ2) is 11.1. The van der Waals surface area contributed by atoms with Crippen molar-refractivity contribution >= 4 is 5.97 Å². The van der Waals surface area contributed by atoms with Gasteiger partial charge >= 0.3 is 5.97 Å². The average molecular weight is 449 g/mol. The number of pyridine rings is 1. The zero-order valence-corrected chi connectivity index (χ0v) is 19.2. The van der Waals surface area contributed by atoms with Gasteiger partial charge in [0, 0.05) is 30.4 Å². The van der Waals surface area contributed by atoms with Crippen molar-refractivity contribution in [3.05, 3.63) is 59.7 Å². The molecular formula is C25H32N6O2. The zero-order valence-electron chi connectivity index (χ0n) is 19.2. The molecule has 1 aromatic carbocycles. The van der Waals surface area contributed by atoms with Crippen LogP contribution in [0.4, 0.5) is 0 Å². The number of aromatic nitrogens is 5. The molecule has 2 aromatic heterocycles. The Hall–Kier alpha value is -3.13. The first kappa shape index (κ1) is 23.0. The van der Waals surface area contributed by atoms with Crippen LogP contribution in [0.5, 0.6) is 0 Å². The van der Waals surface area contributed by atoms with Crippen molar-refractivity contribution in [3.63, 3.8) is 0 Å². The Morgan fingerprint density at radius 3 is 2.55 bits per heavy atom. The fourth-order valence-electron chi connectivity index (χ4n) is 4.74. The number of carboxylic acids is 1. The predicted octanol–water partition coefficient (Wildman–Crippen LogP) is 4.07. The third-order valence-electron chi connectivity index (χ3n) is 6.49. The smallest absolute Gasteiger partial charge is 0.307 e. The van der Waals surface area contributed by atoms with Gasteiger partial charge in [0.05, 0.1) is 5.92 Å². The third kappa shape index (κ3) is 6.01. The zero-order chi connectivity index (χ0) is 23.0. The molecule has 8 heteroatoms. The Morgan fingerprint density at radius 1 is 1.09 bits per heavy atom. The number of H-pyrrole nitrogens is 1. The van der Waals surface area contributed by atoms with Gasteiger partial charge in [-0.25, -0.2) is 0 Å². The summed E-state index contributed by atoms with van der Waals surface area (Å²) in [5.41, 5.74) is 4.49. The number of rotatable bonds is 10. The largest absolute Gasteiger partial charge is 0.481 e. The number of hydrogen-bond acceptors (Lipinski definition) is 6. The van der Waals surface area contributed by atoms with Gasteiger partial charge in [-0.3, -0.25) is 14.7 Å². The molecule has 2 atom stereocenters. The van der Waals surface area contributed by atoms with Crippen LogP contribution in [0, 0.1) is 5.92 Å². The minimum Gasteiger partial charge on any atom is -0.481 e. The number of tetrazole rings is 1. The molecule has 0 radical (unpaired) electrons. The highest BCUT2D eigenvalue weighted by molar-refractivity contribution is 5.71. The van der Waals surface area contributed by atoms with Crippen molar-refractivity contribution in [2.45, 2.75) is 57.9 Å². The number of carboxylic acid groups (broad SMARTS) is 1. The molecule has 2 unspecified atom stereocenters. The Labute approximate surface area is 194 Å². The SMILES string of the molecule is CCCC(C(=O)O)C(Cc1ccc(-c2cncc(CN3CCCCC3)c2)cc1)c1nn[nH]n1. The summed E-state index contributed by atoms with van der Waals surface area (Å²) in [4.78, 5) is 18.9. The van der Waals surface area contributed by atoms with Crippen LogP contribution in [-0.2, 0) is 17.8 Å². The highest BCUT2D eigenvalue weighted by Gasteiger charge is 2.32. The van der Waals surface area contributed by atoms with Crippen LogP contribution >= 0.6 is 0 Å². The number of aliphatic carboxylic acids is 1. The molecule has 33 heavy (non-hydrogen) atoms. The van der Waals surface area contributed by atoms with Gasteiger partial charge in [-0.1, -0.05) is 49.2 Å². The molecule has 1 saturated heterocycles. The number of likely N-dealkylation sites (tertiary alicyclic amines) is 1. The minimum absolute atomic E-state index is 0.332.